The van der Waals surface area contributed by atoms with Gasteiger partial charge in [-0.05, 0) is 18.7 Å². The van der Waals surface area contributed by atoms with Gasteiger partial charge in [-0.3, -0.25) is 0 Å². The number of ether oxygens (including phenoxy) is 1. The molecule has 1 heterocycles. The monoisotopic (exact) mass is 215 g/mol. The van der Waals surface area contributed by atoms with Gasteiger partial charge < -0.3 is 9.15 Å². The highest BCUT2D eigenvalue weighted by Gasteiger charge is 2.19. The number of hydrogen-bond acceptors (Lipinski definition) is 4. The second-order valence-corrected chi connectivity index (χ2v) is 4.87. The Morgan fingerprint density at radius 3 is 2.71 bits per heavy atom. The van der Waals surface area contributed by atoms with Crippen molar-refractivity contribution in [1.82, 2.24) is 4.98 Å². The van der Waals surface area contributed by atoms with Crippen molar-refractivity contribution in [3.8, 4) is 0 Å². The normalized spacial score (nSPS) is 12.0. The minimum atomic E-state index is 0.0252. The lowest BCUT2D eigenvalue weighted by molar-refractivity contribution is 0.198. The molecule has 0 aliphatic carbocycles. The van der Waals surface area contributed by atoms with Crippen molar-refractivity contribution >= 4 is 11.8 Å². The van der Waals surface area contributed by atoms with Crippen molar-refractivity contribution in [3.63, 3.8) is 0 Å². The smallest absolute Gasteiger partial charge is 0.258 e. The molecule has 14 heavy (non-hydrogen) atoms. The molecule has 0 amide bonds. The summed E-state index contributed by atoms with van der Waals surface area (Å²) in [5.41, 5.74) is 0.0252. The molecular formula is C10H17NO2S. The van der Waals surface area contributed by atoms with E-state index in [0.717, 1.165) is 12.4 Å². The third-order valence-electron chi connectivity index (χ3n) is 1.69. The molecule has 80 valence electrons. The van der Waals surface area contributed by atoms with Crippen LogP contribution in [0.15, 0.2) is 15.8 Å². The van der Waals surface area contributed by atoms with Crippen LogP contribution in [0.5, 0.6) is 0 Å². The summed E-state index contributed by atoms with van der Waals surface area (Å²) in [6.07, 6.45) is 1.79. The lowest BCUT2D eigenvalue weighted by Gasteiger charge is -2.12. The van der Waals surface area contributed by atoms with Crippen molar-refractivity contribution in [2.45, 2.75) is 38.3 Å². The average molecular weight is 215 g/mol. The highest BCUT2D eigenvalue weighted by molar-refractivity contribution is 7.98. The van der Waals surface area contributed by atoms with Gasteiger partial charge in [0.2, 0.25) is 0 Å². The van der Waals surface area contributed by atoms with Crippen LogP contribution >= 0.6 is 11.8 Å². The Morgan fingerprint density at radius 1 is 1.50 bits per heavy atom. The molecule has 0 atom stereocenters. The number of rotatable bonds is 4. The van der Waals surface area contributed by atoms with Gasteiger partial charge in [0.15, 0.2) is 0 Å². The molecule has 0 fully saturated rings. The Morgan fingerprint density at radius 2 is 2.21 bits per heavy atom. The molecule has 0 aliphatic rings. The standard InChI is InChI=1S/C10H17NO2S/c1-5-12-7-14-9-11-6-8(13-9)10(2,3)4/h6H,5,7H2,1-4H3. The van der Waals surface area contributed by atoms with E-state index < -0.39 is 0 Å². The average Bonchev–Trinajstić information content (AvgIpc) is 2.52. The van der Waals surface area contributed by atoms with Crippen LogP contribution in [-0.4, -0.2) is 17.5 Å². The SMILES string of the molecule is CCOCSc1ncc(C(C)(C)C)o1. The Balaban J connectivity index is 2.51. The summed E-state index contributed by atoms with van der Waals surface area (Å²) in [7, 11) is 0. The van der Waals surface area contributed by atoms with Crippen LogP contribution in [0, 0.1) is 0 Å². The first-order chi connectivity index (χ1) is 6.54. The van der Waals surface area contributed by atoms with E-state index in [2.05, 4.69) is 25.8 Å². The molecule has 3 nitrogen and oxygen atoms in total. The molecule has 0 bridgehead atoms. The van der Waals surface area contributed by atoms with Crippen molar-refractivity contribution in [2.24, 2.45) is 0 Å². The van der Waals surface area contributed by atoms with E-state index >= 15 is 0 Å². The van der Waals surface area contributed by atoms with Gasteiger partial charge >= 0.3 is 0 Å². The molecule has 0 N–H and O–H groups in total. The Hall–Kier alpha value is -0.480. The van der Waals surface area contributed by atoms with Crippen molar-refractivity contribution in [1.29, 1.82) is 0 Å². The van der Waals surface area contributed by atoms with Gasteiger partial charge in [-0.2, -0.15) is 0 Å². The molecule has 0 saturated carbocycles. The fraction of sp³-hybridized carbons (Fsp3) is 0.700. The van der Waals surface area contributed by atoms with Gasteiger partial charge in [0.25, 0.3) is 5.22 Å². The molecule has 1 aromatic rings. The zero-order valence-electron chi connectivity index (χ0n) is 9.16. The maximum absolute atomic E-state index is 5.57. The van der Waals surface area contributed by atoms with Gasteiger partial charge in [-0.1, -0.05) is 20.8 Å². The fourth-order valence-corrected chi connectivity index (χ4v) is 1.47. The molecule has 4 heteroatoms. The quantitative estimate of drug-likeness (QED) is 0.439. The van der Waals surface area contributed by atoms with Gasteiger partial charge in [-0.25, -0.2) is 4.98 Å². The van der Waals surface area contributed by atoms with Crippen molar-refractivity contribution < 1.29 is 9.15 Å². The van der Waals surface area contributed by atoms with Crippen molar-refractivity contribution in [3.05, 3.63) is 12.0 Å². The molecule has 0 spiro atoms. The molecule has 0 saturated heterocycles. The van der Waals surface area contributed by atoms with E-state index in [1.807, 2.05) is 6.92 Å². The van der Waals surface area contributed by atoms with E-state index in [4.69, 9.17) is 9.15 Å². The molecule has 0 aromatic carbocycles. The highest BCUT2D eigenvalue weighted by atomic mass is 32.2. The van der Waals surface area contributed by atoms with Crippen LogP contribution < -0.4 is 0 Å². The topological polar surface area (TPSA) is 35.3 Å². The lowest BCUT2D eigenvalue weighted by atomic mass is 9.94. The summed E-state index contributed by atoms with van der Waals surface area (Å²) in [6.45, 7) is 9.00. The van der Waals surface area contributed by atoms with Crippen molar-refractivity contribution in [2.75, 3.05) is 12.5 Å². The Bertz CT molecular complexity index is 278. The largest absolute Gasteiger partial charge is 0.436 e. The fourth-order valence-electron chi connectivity index (χ4n) is 0.847. The van der Waals surface area contributed by atoms with E-state index in [-0.39, 0.29) is 5.41 Å². The predicted octanol–water partition coefficient (Wildman–Crippen LogP) is 3.06. The molecular weight excluding hydrogens is 198 g/mol. The second-order valence-electron chi connectivity index (χ2n) is 4.00. The highest BCUT2D eigenvalue weighted by Crippen LogP contribution is 2.26. The summed E-state index contributed by atoms with van der Waals surface area (Å²) in [5.74, 6) is 1.51. The first-order valence-corrected chi connectivity index (χ1v) is 5.69. The summed E-state index contributed by atoms with van der Waals surface area (Å²) >= 11 is 1.48. The number of hydrogen-bond donors (Lipinski definition) is 0. The minimum absolute atomic E-state index is 0.0252. The third-order valence-corrected chi connectivity index (χ3v) is 2.41. The lowest BCUT2D eigenvalue weighted by Crippen LogP contribution is -2.09. The summed E-state index contributed by atoms with van der Waals surface area (Å²) in [5, 5.41) is 0.684. The molecule has 0 aliphatic heterocycles. The Kier molecular flexibility index (Phi) is 4.01. The summed E-state index contributed by atoms with van der Waals surface area (Å²) in [4.78, 5) is 4.17. The van der Waals surface area contributed by atoms with Gasteiger partial charge in [0.05, 0.1) is 6.20 Å². The van der Waals surface area contributed by atoms with Crippen LogP contribution in [-0.2, 0) is 10.2 Å². The predicted molar refractivity (Wildman–Crippen MR) is 57.6 cm³/mol. The second kappa shape index (κ2) is 4.84. The van der Waals surface area contributed by atoms with Crippen LogP contribution in [0.2, 0.25) is 0 Å². The first kappa shape index (κ1) is 11.6. The van der Waals surface area contributed by atoms with Crippen LogP contribution in [0.4, 0.5) is 0 Å². The van der Waals surface area contributed by atoms with E-state index in [0.29, 0.717) is 11.2 Å². The van der Waals surface area contributed by atoms with Crippen LogP contribution in [0.1, 0.15) is 33.5 Å². The summed E-state index contributed by atoms with van der Waals surface area (Å²) in [6, 6.07) is 0. The van der Waals surface area contributed by atoms with E-state index in [1.54, 1.807) is 6.20 Å². The summed E-state index contributed by atoms with van der Waals surface area (Å²) < 4.78 is 10.8. The van der Waals surface area contributed by atoms with E-state index in [9.17, 15) is 0 Å². The zero-order valence-corrected chi connectivity index (χ0v) is 9.98. The van der Waals surface area contributed by atoms with Gasteiger partial charge in [-0.15, -0.1) is 0 Å². The maximum Gasteiger partial charge on any atom is 0.258 e. The minimum Gasteiger partial charge on any atom is -0.436 e. The molecule has 0 unspecified atom stereocenters. The van der Waals surface area contributed by atoms with Gasteiger partial charge in [0, 0.05) is 12.0 Å². The van der Waals surface area contributed by atoms with Crippen LogP contribution in [0.3, 0.4) is 0 Å². The number of nitrogens with zero attached hydrogens (tertiary/aromatic N) is 1. The zero-order chi connectivity index (χ0) is 10.6. The third kappa shape index (κ3) is 3.35. The first-order valence-electron chi connectivity index (χ1n) is 4.71. The number of oxazole rings is 1. The molecule has 1 rings (SSSR count). The van der Waals surface area contributed by atoms with E-state index in [1.165, 1.54) is 11.8 Å². The Labute approximate surface area is 89.2 Å². The molecule has 1 aromatic heterocycles. The number of aromatic nitrogens is 1. The number of thioether (sulfide) groups is 1. The maximum atomic E-state index is 5.57. The molecule has 0 radical (unpaired) electrons. The van der Waals surface area contributed by atoms with Gasteiger partial charge in [0.1, 0.15) is 11.7 Å². The van der Waals surface area contributed by atoms with Crippen LogP contribution in [0.25, 0.3) is 0 Å².